The van der Waals surface area contributed by atoms with E-state index in [1.807, 2.05) is 13.0 Å². The predicted molar refractivity (Wildman–Crippen MR) is 58.9 cm³/mol. The van der Waals surface area contributed by atoms with Gasteiger partial charge in [0, 0.05) is 18.5 Å². The molecule has 0 saturated carbocycles. The number of anilines is 1. The summed E-state index contributed by atoms with van der Waals surface area (Å²) in [6.45, 7) is 7.04. The third-order valence-corrected chi connectivity index (χ3v) is 2.62. The Bertz CT molecular complexity index is 354. The zero-order valence-corrected chi connectivity index (χ0v) is 9.45. The van der Waals surface area contributed by atoms with E-state index in [1.165, 1.54) is 5.56 Å². The molecule has 1 aliphatic rings. The van der Waals surface area contributed by atoms with Crippen LogP contribution in [0.3, 0.4) is 0 Å². The number of hydrogen-bond donors (Lipinski definition) is 1. The molecule has 2 rings (SSSR count). The minimum absolute atomic E-state index is 0.122. The summed E-state index contributed by atoms with van der Waals surface area (Å²) in [5.74, 6) is 0.834. The fourth-order valence-electron chi connectivity index (χ4n) is 1.95. The molecule has 0 aliphatic carbocycles. The zero-order chi connectivity index (χ0) is 10.8. The number of aromatic nitrogens is 2. The van der Waals surface area contributed by atoms with E-state index in [0.717, 1.165) is 24.5 Å². The maximum atomic E-state index is 5.75. The molecule has 4 heteroatoms. The Balaban J connectivity index is 2.30. The first-order valence-corrected chi connectivity index (χ1v) is 5.46. The van der Waals surface area contributed by atoms with Crippen LogP contribution in [0.25, 0.3) is 0 Å². The molecule has 1 aromatic heterocycles. The second-order valence-electron chi connectivity index (χ2n) is 3.95. The van der Waals surface area contributed by atoms with Crippen molar-refractivity contribution in [3.63, 3.8) is 0 Å². The van der Waals surface area contributed by atoms with Crippen LogP contribution in [0.4, 0.5) is 5.82 Å². The topological polar surface area (TPSA) is 47.0 Å². The normalized spacial score (nSPS) is 24.7. The molecule has 0 radical (unpaired) electrons. The summed E-state index contributed by atoms with van der Waals surface area (Å²) in [5.41, 5.74) is 2.24. The second kappa shape index (κ2) is 4.14. The van der Waals surface area contributed by atoms with Crippen molar-refractivity contribution in [3.05, 3.63) is 17.3 Å². The van der Waals surface area contributed by atoms with Gasteiger partial charge in [-0.25, -0.2) is 0 Å². The second-order valence-corrected chi connectivity index (χ2v) is 3.95. The highest BCUT2D eigenvalue weighted by Gasteiger charge is 2.23. The lowest BCUT2D eigenvalue weighted by Crippen LogP contribution is -2.24. The van der Waals surface area contributed by atoms with Gasteiger partial charge in [0.05, 0.1) is 17.9 Å². The molecular weight excluding hydrogens is 190 g/mol. The average Bonchev–Trinajstić information content (AvgIpc) is 2.19. The van der Waals surface area contributed by atoms with Gasteiger partial charge in [0.1, 0.15) is 5.82 Å². The summed E-state index contributed by atoms with van der Waals surface area (Å²) in [4.78, 5) is 0. The Morgan fingerprint density at radius 3 is 3.00 bits per heavy atom. The molecule has 1 N–H and O–H groups in total. The third kappa shape index (κ3) is 2.09. The Labute approximate surface area is 90.1 Å². The molecule has 2 unspecified atom stereocenters. The molecule has 4 nitrogen and oxygen atoms in total. The molecule has 0 aromatic carbocycles. The van der Waals surface area contributed by atoms with Crippen LogP contribution < -0.4 is 5.32 Å². The maximum Gasteiger partial charge on any atom is 0.149 e. The van der Waals surface area contributed by atoms with Gasteiger partial charge in [0.25, 0.3) is 0 Å². The lowest BCUT2D eigenvalue weighted by Gasteiger charge is -2.27. The lowest BCUT2D eigenvalue weighted by molar-refractivity contribution is -0.00622. The molecular formula is C11H17N3O. The van der Waals surface area contributed by atoms with Crippen molar-refractivity contribution in [2.24, 2.45) is 0 Å². The average molecular weight is 207 g/mol. The minimum atomic E-state index is 0.122. The third-order valence-electron chi connectivity index (χ3n) is 2.62. The van der Waals surface area contributed by atoms with Gasteiger partial charge in [-0.05, 0) is 26.8 Å². The van der Waals surface area contributed by atoms with Gasteiger partial charge in [0.15, 0.2) is 0 Å². The van der Waals surface area contributed by atoms with Crippen molar-refractivity contribution in [1.82, 2.24) is 10.2 Å². The molecule has 0 fully saturated rings. The Morgan fingerprint density at radius 2 is 2.27 bits per heavy atom. The molecule has 0 amide bonds. The van der Waals surface area contributed by atoms with E-state index < -0.39 is 0 Å². The van der Waals surface area contributed by atoms with E-state index in [9.17, 15) is 0 Å². The van der Waals surface area contributed by atoms with Crippen LogP contribution in [0.1, 0.15) is 38.1 Å². The van der Waals surface area contributed by atoms with Crippen LogP contribution in [0, 0.1) is 0 Å². The molecule has 0 bridgehead atoms. The molecule has 0 spiro atoms. The Hall–Kier alpha value is -1.16. The van der Waals surface area contributed by atoms with Gasteiger partial charge in [-0.15, -0.1) is 5.10 Å². The first-order chi connectivity index (χ1) is 7.20. The zero-order valence-electron chi connectivity index (χ0n) is 9.45. The molecule has 2 heterocycles. The molecule has 1 aromatic rings. The number of nitrogens with zero attached hydrogens (tertiary/aromatic N) is 2. The summed E-state index contributed by atoms with van der Waals surface area (Å²) >= 11 is 0. The SMILES string of the molecule is CCNc1cc2c(nn1)CC(C)OC2C. The summed E-state index contributed by atoms with van der Waals surface area (Å²) in [7, 11) is 0. The predicted octanol–water partition coefficient (Wildman–Crippen LogP) is 1.93. The fourth-order valence-corrected chi connectivity index (χ4v) is 1.95. The Morgan fingerprint density at radius 1 is 1.47 bits per heavy atom. The van der Waals surface area contributed by atoms with Crippen molar-refractivity contribution in [2.45, 2.75) is 39.4 Å². The number of ether oxygens (including phenoxy) is 1. The van der Waals surface area contributed by atoms with E-state index in [0.29, 0.717) is 0 Å². The number of fused-ring (bicyclic) bond motifs is 1. The van der Waals surface area contributed by atoms with Crippen molar-refractivity contribution >= 4 is 5.82 Å². The van der Waals surface area contributed by atoms with Gasteiger partial charge < -0.3 is 10.1 Å². The molecule has 1 aliphatic heterocycles. The van der Waals surface area contributed by atoms with E-state index >= 15 is 0 Å². The van der Waals surface area contributed by atoms with Gasteiger partial charge in [0.2, 0.25) is 0 Å². The van der Waals surface area contributed by atoms with E-state index in [2.05, 4.69) is 29.4 Å². The van der Waals surface area contributed by atoms with Gasteiger partial charge in [-0.2, -0.15) is 5.10 Å². The number of hydrogen-bond acceptors (Lipinski definition) is 4. The summed E-state index contributed by atoms with van der Waals surface area (Å²) in [5, 5.41) is 11.5. The first-order valence-electron chi connectivity index (χ1n) is 5.46. The van der Waals surface area contributed by atoms with E-state index in [4.69, 9.17) is 4.74 Å². The summed E-state index contributed by atoms with van der Waals surface area (Å²) < 4.78 is 5.75. The standard InChI is InChI=1S/C11H17N3O/c1-4-12-11-6-9-8(3)15-7(2)5-10(9)13-14-11/h6-8H,4-5H2,1-3H3,(H,12,14). The maximum absolute atomic E-state index is 5.75. The Kier molecular flexibility index (Phi) is 2.86. The summed E-state index contributed by atoms with van der Waals surface area (Å²) in [6, 6.07) is 2.04. The summed E-state index contributed by atoms with van der Waals surface area (Å²) in [6.07, 6.45) is 1.22. The largest absolute Gasteiger partial charge is 0.370 e. The van der Waals surface area contributed by atoms with Crippen LogP contribution in [0.2, 0.25) is 0 Å². The molecule has 82 valence electrons. The highest BCUT2D eigenvalue weighted by atomic mass is 16.5. The number of rotatable bonds is 2. The van der Waals surface area contributed by atoms with Crippen LogP contribution >= 0.6 is 0 Å². The lowest BCUT2D eigenvalue weighted by atomic mass is 10.0. The van der Waals surface area contributed by atoms with Crippen molar-refractivity contribution in [1.29, 1.82) is 0 Å². The fraction of sp³-hybridized carbons (Fsp3) is 0.636. The van der Waals surface area contributed by atoms with Crippen molar-refractivity contribution in [3.8, 4) is 0 Å². The van der Waals surface area contributed by atoms with Crippen molar-refractivity contribution in [2.75, 3.05) is 11.9 Å². The van der Waals surface area contributed by atoms with E-state index in [1.54, 1.807) is 0 Å². The monoisotopic (exact) mass is 207 g/mol. The minimum Gasteiger partial charge on any atom is -0.370 e. The van der Waals surface area contributed by atoms with Gasteiger partial charge in [-0.3, -0.25) is 0 Å². The van der Waals surface area contributed by atoms with Crippen molar-refractivity contribution < 1.29 is 4.74 Å². The van der Waals surface area contributed by atoms with Crippen LogP contribution in [0.15, 0.2) is 6.07 Å². The highest BCUT2D eigenvalue weighted by molar-refractivity contribution is 5.39. The highest BCUT2D eigenvalue weighted by Crippen LogP contribution is 2.29. The smallest absolute Gasteiger partial charge is 0.149 e. The number of nitrogens with one attached hydrogen (secondary N) is 1. The quantitative estimate of drug-likeness (QED) is 0.805. The molecule has 0 saturated heterocycles. The van der Waals surface area contributed by atoms with Crippen LogP contribution in [0.5, 0.6) is 0 Å². The van der Waals surface area contributed by atoms with Gasteiger partial charge >= 0.3 is 0 Å². The first kappa shape index (κ1) is 10.4. The molecule has 15 heavy (non-hydrogen) atoms. The van der Waals surface area contributed by atoms with Crippen LogP contribution in [-0.4, -0.2) is 22.8 Å². The van der Waals surface area contributed by atoms with E-state index in [-0.39, 0.29) is 12.2 Å². The molecule has 2 atom stereocenters. The van der Waals surface area contributed by atoms with Crippen LogP contribution in [-0.2, 0) is 11.2 Å². The van der Waals surface area contributed by atoms with Gasteiger partial charge in [-0.1, -0.05) is 0 Å².